The van der Waals surface area contributed by atoms with Crippen molar-refractivity contribution in [1.82, 2.24) is 9.88 Å². The molecule has 0 bridgehead atoms. The predicted molar refractivity (Wildman–Crippen MR) is 79.2 cm³/mol. The quantitative estimate of drug-likeness (QED) is 0.794. The van der Waals surface area contributed by atoms with E-state index in [1.165, 1.54) is 0 Å². The van der Waals surface area contributed by atoms with Crippen LogP contribution in [0.1, 0.15) is 15.9 Å². The fourth-order valence-electron chi connectivity index (χ4n) is 1.83. The summed E-state index contributed by atoms with van der Waals surface area (Å²) in [5.41, 5.74) is 1.75. The van der Waals surface area contributed by atoms with Gasteiger partial charge in [-0.15, -0.1) is 0 Å². The number of aromatic nitrogens is 1. The molecule has 0 atom stereocenters. The van der Waals surface area contributed by atoms with Crippen molar-refractivity contribution in [2.45, 2.75) is 6.54 Å². The maximum absolute atomic E-state index is 12.4. The average molecular weight is 319 g/mol. The van der Waals surface area contributed by atoms with Crippen molar-refractivity contribution in [1.29, 1.82) is 0 Å². The Kier molecular flexibility index (Phi) is 5.10. The van der Waals surface area contributed by atoms with Gasteiger partial charge in [0.15, 0.2) is 0 Å². The number of carbonyl (C=O) groups excluding carboxylic acids is 1. The Hall–Kier alpha value is -1.68. The van der Waals surface area contributed by atoms with E-state index in [9.17, 15) is 4.79 Å². The first-order valence-electron chi connectivity index (χ1n) is 6.10. The second-order valence-corrected chi connectivity index (χ2v) is 4.94. The molecule has 0 aliphatic carbocycles. The van der Waals surface area contributed by atoms with E-state index in [2.05, 4.69) is 20.9 Å². The molecule has 4 heteroatoms. The van der Waals surface area contributed by atoms with Gasteiger partial charge in [-0.25, -0.2) is 0 Å². The molecule has 1 aromatic heterocycles. The van der Waals surface area contributed by atoms with Gasteiger partial charge in [0.1, 0.15) is 0 Å². The van der Waals surface area contributed by atoms with Gasteiger partial charge >= 0.3 is 0 Å². The van der Waals surface area contributed by atoms with E-state index in [0.29, 0.717) is 18.7 Å². The monoisotopic (exact) mass is 318 g/mol. The van der Waals surface area contributed by atoms with Gasteiger partial charge in [-0.2, -0.15) is 0 Å². The van der Waals surface area contributed by atoms with E-state index in [1.54, 1.807) is 24.5 Å². The highest BCUT2D eigenvalue weighted by Gasteiger charge is 2.15. The van der Waals surface area contributed by atoms with Gasteiger partial charge in [-0.05, 0) is 17.7 Å². The summed E-state index contributed by atoms with van der Waals surface area (Å²) >= 11 is 3.39. The summed E-state index contributed by atoms with van der Waals surface area (Å²) in [6.45, 7) is 1.28. The summed E-state index contributed by atoms with van der Waals surface area (Å²) < 4.78 is 0. The summed E-state index contributed by atoms with van der Waals surface area (Å²) in [7, 11) is 0. The number of benzene rings is 1. The summed E-state index contributed by atoms with van der Waals surface area (Å²) in [6, 6.07) is 13.6. The number of carbonyl (C=O) groups is 1. The van der Waals surface area contributed by atoms with Crippen molar-refractivity contribution in [3.63, 3.8) is 0 Å². The molecule has 0 saturated heterocycles. The molecule has 0 unspecified atom stereocenters. The molecule has 0 aliphatic rings. The first-order chi connectivity index (χ1) is 9.31. The van der Waals surface area contributed by atoms with Gasteiger partial charge in [-0.1, -0.05) is 46.3 Å². The van der Waals surface area contributed by atoms with E-state index >= 15 is 0 Å². The molecule has 3 nitrogen and oxygen atoms in total. The molecule has 0 saturated carbocycles. The topological polar surface area (TPSA) is 33.2 Å². The molecule has 2 aromatic rings. The van der Waals surface area contributed by atoms with Crippen LogP contribution < -0.4 is 0 Å². The number of nitrogens with zero attached hydrogens (tertiary/aromatic N) is 2. The maximum atomic E-state index is 12.4. The van der Waals surface area contributed by atoms with E-state index in [4.69, 9.17) is 0 Å². The number of hydrogen-bond donors (Lipinski definition) is 0. The normalized spacial score (nSPS) is 10.2. The lowest BCUT2D eigenvalue weighted by molar-refractivity contribution is 0.0754. The lowest BCUT2D eigenvalue weighted by atomic mass is 10.2. The lowest BCUT2D eigenvalue weighted by Gasteiger charge is -2.21. The number of amides is 1. The maximum Gasteiger partial charge on any atom is 0.255 e. The van der Waals surface area contributed by atoms with Crippen molar-refractivity contribution in [2.24, 2.45) is 0 Å². The minimum Gasteiger partial charge on any atom is -0.333 e. The Labute approximate surface area is 121 Å². The fourth-order valence-corrected chi connectivity index (χ4v) is 2.26. The number of alkyl halides is 1. The van der Waals surface area contributed by atoms with Crippen LogP contribution in [-0.4, -0.2) is 27.7 Å². The van der Waals surface area contributed by atoms with Crippen LogP contribution in [0.15, 0.2) is 54.9 Å². The minimum atomic E-state index is 0.0106. The highest BCUT2D eigenvalue weighted by molar-refractivity contribution is 9.09. The molecule has 0 N–H and O–H groups in total. The third kappa shape index (κ3) is 3.89. The molecule has 2 rings (SSSR count). The second-order valence-electron chi connectivity index (χ2n) is 4.14. The molecule has 1 heterocycles. The van der Waals surface area contributed by atoms with Crippen molar-refractivity contribution >= 4 is 21.8 Å². The van der Waals surface area contributed by atoms with Crippen LogP contribution in [0.5, 0.6) is 0 Å². The summed E-state index contributed by atoms with van der Waals surface area (Å²) in [5, 5.41) is 0.756. The smallest absolute Gasteiger partial charge is 0.255 e. The summed E-state index contributed by atoms with van der Waals surface area (Å²) in [4.78, 5) is 18.2. The van der Waals surface area contributed by atoms with E-state index in [0.717, 1.165) is 10.9 Å². The van der Waals surface area contributed by atoms with Gasteiger partial charge in [0, 0.05) is 30.8 Å². The van der Waals surface area contributed by atoms with E-state index in [-0.39, 0.29) is 5.91 Å². The van der Waals surface area contributed by atoms with Gasteiger partial charge in [-0.3, -0.25) is 9.78 Å². The molecular weight excluding hydrogens is 304 g/mol. The van der Waals surface area contributed by atoms with Crippen LogP contribution in [0.2, 0.25) is 0 Å². The largest absolute Gasteiger partial charge is 0.333 e. The molecule has 0 aliphatic heterocycles. The van der Waals surface area contributed by atoms with Gasteiger partial charge in [0.25, 0.3) is 5.91 Å². The number of pyridine rings is 1. The van der Waals surface area contributed by atoms with Gasteiger partial charge in [0.05, 0.1) is 5.56 Å². The van der Waals surface area contributed by atoms with Crippen molar-refractivity contribution in [3.05, 3.63) is 66.0 Å². The van der Waals surface area contributed by atoms with Crippen LogP contribution in [-0.2, 0) is 6.54 Å². The van der Waals surface area contributed by atoms with Gasteiger partial charge in [0.2, 0.25) is 0 Å². The average Bonchev–Trinajstić information content (AvgIpc) is 2.48. The fraction of sp³-hybridized carbons (Fsp3) is 0.200. The van der Waals surface area contributed by atoms with Crippen LogP contribution in [0.4, 0.5) is 0 Å². The molecule has 0 spiro atoms. The first kappa shape index (κ1) is 13.7. The molecule has 0 radical (unpaired) electrons. The van der Waals surface area contributed by atoms with E-state index in [1.807, 2.05) is 35.2 Å². The summed E-state index contributed by atoms with van der Waals surface area (Å²) in [5.74, 6) is 0.0106. The van der Waals surface area contributed by atoms with Crippen molar-refractivity contribution < 1.29 is 4.79 Å². The zero-order valence-corrected chi connectivity index (χ0v) is 12.1. The molecule has 19 heavy (non-hydrogen) atoms. The third-order valence-corrected chi connectivity index (χ3v) is 3.12. The Balaban J connectivity index is 2.14. The Bertz CT molecular complexity index is 516. The number of rotatable bonds is 5. The Morgan fingerprint density at radius 1 is 1.16 bits per heavy atom. The Morgan fingerprint density at radius 3 is 2.58 bits per heavy atom. The summed E-state index contributed by atoms with van der Waals surface area (Å²) in [6.07, 6.45) is 3.28. The standard InChI is InChI=1S/C15H15BrN2O/c16-8-10-18(12-13-5-2-1-3-6-13)15(19)14-7-4-9-17-11-14/h1-7,9,11H,8,10,12H2. The third-order valence-electron chi connectivity index (χ3n) is 2.77. The molecule has 1 aromatic carbocycles. The zero-order chi connectivity index (χ0) is 13.5. The van der Waals surface area contributed by atoms with Crippen LogP contribution in [0, 0.1) is 0 Å². The molecule has 98 valence electrons. The predicted octanol–water partition coefficient (Wildman–Crippen LogP) is 3.12. The molecule has 0 fully saturated rings. The van der Waals surface area contributed by atoms with E-state index < -0.39 is 0 Å². The lowest BCUT2D eigenvalue weighted by Crippen LogP contribution is -2.32. The Morgan fingerprint density at radius 2 is 1.95 bits per heavy atom. The van der Waals surface area contributed by atoms with Crippen LogP contribution >= 0.6 is 15.9 Å². The molecule has 1 amide bonds. The minimum absolute atomic E-state index is 0.0106. The zero-order valence-electron chi connectivity index (χ0n) is 10.5. The van der Waals surface area contributed by atoms with Crippen LogP contribution in [0.3, 0.4) is 0 Å². The number of hydrogen-bond acceptors (Lipinski definition) is 2. The number of halogens is 1. The molecular formula is C15H15BrN2O. The van der Waals surface area contributed by atoms with Crippen LogP contribution in [0.25, 0.3) is 0 Å². The highest BCUT2D eigenvalue weighted by Crippen LogP contribution is 2.09. The first-order valence-corrected chi connectivity index (χ1v) is 7.22. The van der Waals surface area contributed by atoms with Crippen molar-refractivity contribution in [2.75, 3.05) is 11.9 Å². The van der Waals surface area contributed by atoms with Gasteiger partial charge < -0.3 is 4.90 Å². The van der Waals surface area contributed by atoms with Crippen molar-refractivity contribution in [3.8, 4) is 0 Å². The second kappa shape index (κ2) is 7.04. The SMILES string of the molecule is O=C(c1cccnc1)N(CCBr)Cc1ccccc1. The highest BCUT2D eigenvalue weighted by atomic mass is 79.9.